The van der Waals surface area contributed by atoms with E-state index in [4.69, 9.17) is 14.7 Å². The molecule has 0 fully saturated rings. The normalized spacial score (nSPS) is 10.2. The zero-order valence-corrected chi connectivity index (χ0v) is 14.1. The Hall–Kier alpha value is -2.51. The molecule has 1 N–H and O–H groups in total. The minimum Gasteiger partial charge on any atom is -0.493 e. The van der Waals surface area contributed by atoms with E-state index >= 15 is 0 Å². The van der Waals surface area contributed by atoms with Gasteiger partial charge in [0.05, 0.1) is 19.8 Å². The lowest BCUT2D eigenvalue weighted by Crippen LogP contribution is -2.16. The van der Waals surface area contributed by atoms with E-state index < -0.39 is 0 Å². The molecule has 0 aliphatic carbocycles. The highest BCUT2D eigenvalue weighted by atomic mass is 16.5. The van der Waals surface area contributed by atoms with Crippen molar-refractivity contribution in [3.63, 3.8) is 0 Å². The Balaban J connectivity index is 1.82. The van der Waals surface area contributed by atoms with Gasteiger partial charge in [-0.25, -0.2) is 0 Å². The number of unbranched alkanes of at least 4 members (excludes halogenated alkanes) is 1. The molecule has 0 radical (unpaired) electrons. The van der Waals surface area contributed by atoms with Gasteiger partial charge in [-0.05, 0) is 42.6 Å². The summed E-state index contributed by atoms with van der Waals surface area (Å²) in [5.41, 5.74) is 2.49. The van der Waals surface area contributed by atoms with E-state index in [2.05, 4.69) is 35.7 Å². The van der Waals surface area contributed by atoms with Crippen LogP contribution in [0.25, 0.3) is 0 Å². The summed E-state index contributed by atoms with van der Waals surface area (Å²) in [5.74, 6) is 1.46. The molecule has 0 spiro atoms. The largest absolute Gasteiger partial charge is 0.493 e. The van der Waals surface area contributed by atoms with Gasteiger partial charge in [0.2, 0.25) is 0 Å². The van der Waals surface area contributed by atoms with Gasteiger partial charge in [0.1, 0.15) is 0 Å². The van der Waals surface area contributed by atoms with Gasteiger partial charge in [0.25, 0.3) is 0 Å². The highest BCUT2D eigenvalue weighted by Crippen LogP contribution is 2.28. The van der Waals surface area contributed by atoms with E-state index in [0.717, 1.165) is 43.0 Å². The molecule has 0 heterocycles. The van der Waals surface area contributed by atoms with Crippen LogP contribution in [0.1, 0.15) is 24.0 Å². The smallest absolute Gasteiger partial charge is 0.161 e. The number of nitrogens with zero attached hydrogens (tertiary/aromatic N) is 1. The van der Waals surface area contributed by atoms with Crippen molar-refractivity contribution in [3.05, 3.63) is 59.7 Å². The Bertz CT molecular complexity index is 650. The monoisotopic (exact) mass is 324 g/mol. The number of nitriles is 1. The quantitative estimate of drug-likeness (QED) is 0.677. The van der Waals surface area contributed by atoms with E-state index in [1.54, 1.807) is 7.11 Å². The summed E-state index contributed by atoms with van der Waals surface area (Å²) in [4.78, 5) is 0. The third kappa shape index (κ3) is 5.94. The molecule has 4 heteroatoms. The maximum atomic E-state index is 8.57. The third-order valence-corrected chi connectivity index (χ3v) is 3.68. The maximum absolute atomic E-state index is 8.57. The van der Waals surface area contributed by atoms with Crippen LogP contribution in [0.3, 0.4) is 0 Å². The van der Waals surface area contributed by atoms with Crippen LogP contribution < -0.4 is 14.8 Å². The second-order valence-electron chi connectivity index (χ2n) is 5.51. The van der Waals surface area contributed by atoms with Gasteiger partial charge in [-0.15, -0.1) is 0 Å². The van der Waals surface area contributed by atoms with Crippen LogP contribution in [0, 0.1) is 11.3 Å². The molecule has 0 aliphatic rings. The van der Waals surface area contributed by atoms with E-state index in [1.165, 1.54) is 5.56 Å². The molecule has 126 valence electrons. The summed E-state index contributed by atoms with van der Waals surface area (Å²) in [5, 5.41) is 12.0. The maximum Gasteiger partial charge on any atom is 0.161 e. The van der Waals surface area contributed by atoms with E-state index in [-0.39, 0.29) is 0 Å². The van der Waals surface area contributed by atoms with Crippen LogP contribution in [0.5, 0.6) is 11.5 Å². The Labute approximate surface area is 144 Å². The molecule has 0 aromatic heterocycles. The molecule has 4 nitrogen and oxygen atoms in total. The fourth-order valence-corrected chi connectivity index (χ4v) is 2.39. The molecule has 2 aromatic rings. The summed E-state index contributed by atoms with van der Waals surface area (Å²) in [6, 6.07) is 18.5. The van der Waals surface area contributed by atoms with E-state index in [0.29, 0.717) is 13.0 Å². The zero-order valence-electron chi connectivity index (χ0n) is 14.1. The molecule has 0 amide bonds. The topological polar surface area (TPSA) is 54.3 Å². The predicted molar refractivity (Wildman–Crippen MR) is 95.2 cm³/mol. The minimum absolute atomic E-state index is 0.503. The SMILES string of the molecule is COc1ccc(CNCCc2ccccc2)cc1OCCCC#N. The second-order valence-corrected chi connectivity index (χ2v) is 5.51. The lowest BCUT2D eigenvalue weighted by Gasteiger charge is -2.12. The van der Waals surface area contributed by atoms with Crippen molar-refractivity contribution in [1.29, 1.82) is 5.26 Å². The number of methoxy groups -OCH3 is 1. The first-order valence-corrected chi connectivity index (χ1v) is 8.25. The number of nitrogens with one attached hydrogen (secondary N) is 1. The molecule has 2 rings (SSSR count). The Morgan fingerprint density at radius 3 is 2.62 bits per heavy atom. The van der Waals surface area contributed by atoms with Crippen LogP contribution in [0.4, 0.5) is 0 Å². The van der Waals surface area contributed by atoms with Crippen molar-refractivity contribution in [2.75, 3.05) is 20.3 Å². The number of benzene rings is 2. The molecule has 0 saturated carbocycles. The van der Waals surface area contributed by atoms with Crippen LogP contribution >= 0.6 is 0 Å². The first kappa shape index (κ1) is 17.8. The first-order chi connectivity index (χ1) is 11.8. The van der Waals surface area contributed by atoms with E-state index in [9.17, 15) is 0 Å². The fraction of sp³-hybridized carbons (Fsp3) is 0.350. The van der Waals surface area contributed by atoms with Crippen molar-refractivity contribution in [2.45, 2.75) is 25.8 Å². The van der Waals surface area contributed by atoms with Gasteiger partial charge in [0.15, 0.2) is 11.5 Å². The molecular weight excluding hydrogens is 300 g/mol. The number of rotatable bonds is 10. The summed E-state index contributed by atoms with van der Waals surface area (Å²) >= 11 is 0. The molecule has 0 atom stereocenters. The van der Waals surface area contributed by atoms with Crippen molar-refractivity contribution in [2.24, 2.45) is 0 Å². The second kappa shape index (κ2) is 10.3. The first-order valence-electron chi connectivity index (χ1n) is 8.25. The highest BCUT2D eigenvalue weighted by Gasteiger charge is 2.06. The van der Waals surface area contributed by atoms with Gasteiger partial charge in [-0.3, -0.25) is 0 Å². The van der Waals surface area contributed by atoms with Crippen molar-refractivity contribution in [1.82, 2.24) is 5.32 Å². The van der Waals surface area contributed by atoms with Crippen molar-refractivity contribution >= 4 is 0 Å². The van der Waals surface area contributed by atoms with Gasteiger partial charge < -0.3 is 14.8 Å². The Morgan fingerprint density at radius 1 is 1.04 bits per heavy atom. The van der Waals surface area contributed by atoms with Gasteiger partial charge in [-0.1, -0.05) is 36.4 Å². The average Bonchev–Trinajstić information content (AvgIpc) is 2.63. The number of hydrogen-bond acceptors (Lipinski definition) is 4. The lowest BCUT2D eigenvalue weighted by molar-refractivity contribution is 0.290. The minimum atomic E-state index is 0.503. The van der Waals surface area contributed by atoms with Crippen molar-refractivity contribution in [3.8, 4) is 17.6 Å². The fourth-order valence-electron chi connectivity index (χ4n) is 2.39. The molecular formula is C20H24N2O2. The average molecular weight is 324 g/mol. The third-order valence-electron chi connectivity index (χ3n) is 3.68. The van der Waals surface area contributed by atoms with Crippen LogP contribution in [0.15, 0.2) is 48.5 Å². The molecule has 0 unspecified atom stereocenters. The zero-order chi connectivity index (χ0) is 17.0. The van der Waals surface area contributed by atoms with E-state index in [1.807, 2.05) is 24.3 Å². The standard InChI is InChI=1S/C20H24N2O2/c1-23-19-10-9-18(15-20(19)24-14-6-5-12-21)16-22-13-11-17-7-3-2-4-8-17/h2-4,7-10,15,22H,5-6,11,13-14,16H2,1H3. The summed E-state index contributed by atoms with van der Waals surface area (Å²) in [6.45, 7) is 2.23. The molecule has 0 saturated heterocycles. The Kier molecular flexibility index (Phi) is 7.66. The summed E-state index contributed by atoms with van der Waals surface area (Å²) in [6.07, 6.45) is 2.23. The summed E-state index contributed by atoms with van der Waals surface area (Å²) in [7, 11) is 1.63. The van der Waals surface area contributed by atoms with Gasteiger partial charge in [0, 0.05) is 13.0 Å². The number of hydrogen-bond donors (Lipinski definition) is 1. The lowest BCUT2D eigenvalue weighted by atomic mass is 10.1. The van der Waals surface area contributed by atoms with Crippen LogP contribution in [-0.2, 0) is 13.0 Å². The van der Waals surface area contributed by atoms with Gasteiger partial charge in [-0.2, -0.15) is 5.26 Å². The predicted octanol–water partition coefficient (Wildman–Crippen LogP) is 3.71. The van der Waals surface area contributed by atoms with Gasteiger partial charge >= 0.3 is 0 Å². The van der Waals surface area contributed by atoms with Crippen LogP contribution in [0.2, 0.25) is 0 Å². The Morgan fingerprint density at radius 2 is 1.88 bits per heavy atom. The van der Waals surface area contributed by atoms with Crippen molar-refractivity contribution < 1.29 is 9.47 Å². The number of ether oxygens (including phenoxy) is 2. The summed E-state index contributed by atoms with van der Waals surface area (Å²) < 4.78 is 11.1. The molecule has 0 aliphatic heterocycles. The molecule has 0 bridgehead atoms. The molecule has 2 aromatic carbocycles. The van der Waals surface area contributed by atoms with Crippen LogP contribution in [-0.4, -0.2) is 20.3 Å². The highest BCUT2D eigenvalue weighted by molar-refractivity contribution is 5.43. The molecule has 24 heavy (non-hydrogen) atoms.